The van der Waals surface area contributed by atoms with Crippen LogP contribution in [-0.4, -0.2) is 14.8 Å². The van der Waals surface area contributed by atoms with Gasteiger partial charge in [-0.1, -0.05) is 11.6 Å². The molecule has 0 radical (unpaired) electrons. The van der Waals surface area contributed by atoms with Crippen molar-refractivity contribution in [3.63, 3.8) is 0 Å². The van der Waals surface area contributed by atoms with E-state index in [1.807, 2.05) is 0 Å². The summed E-state index contributed by atoms with van der Waals surface area (Å²) in [5, 5.41) is 3.65. The first-order chi connectivity index (χ1) is 7.88. The number of hydrogen-bond donors (Lipinski definition) is 1. The number of nitrogens with two attached hydrogens (primary N) is 1. The molecule has 0 atom stereocenters. The van der Waals surface area contributed by atoms with Gasteiger partial charge in [-0.05, 0) is 6.07 Å². The molecule has 2 rings (SSSR count). The highest BCUT2D eigenvalue weighted by Crippen LogP contribution is 2.31. The van der Waals surface area contributed by atoms with Gasteiger partial charge >= 0.3 is 6.18 Å². The van der Waals surface area contributed by atoms with Crippen molar-refractivity contribution in [1.82, 2.24) is 14.8 Å². The standard InChI is InChI=1S/C9H6ClF3N4/c10-6-3-5(9(11,12)13)4-15-8(6)17-2-1-7(14)16-17/h1-4H,(H2,14,16). The summed E-state index contributed by atoms with van der Waals surface area (Å²) in [6.07, 6.45) is -2.33. The van der Waals surface area contributed by atoms with Gasteiger partial charge in [-0.2, -0.15) is 13.2 Å². The van der Waals surface area contributed by atoms with Gasteiger partial charge in [0.05, 0.1) is 10.6 Å². The molecule has 0 saturated heterocycles. The van der Waals surface area contributed by atoms with Crippen LogP contribution >= 0.6 is 11.6 Å². The minimum absolute atomic E-state index is 0.0939. The van der Waals surface area contributed by atoms with Crippen LogP contribution in [0.15, 0.2) is 24.5 Å². The molecule has 0 aliphatic carbocycles. The van der Waals surface area contributed by atoms with Crippen molar-refractivity contribution < 1.29 is 13.2 Å². The van der Waals surface area contributed by atoms with Crippen molar-refractivity contribution in [2.24, 2.45) is 0 Å². The Balaban J connectivity index is 2.45. The molecule has 2 heterocycles. The maximum absolute atomic E-state index is 12.4. The molecule has 0 bridgehead atoms. The van der Waals surface area contributed by atoms with Crippen LogP contribution in [0.5, 0.6) is 0 Å². The first-order valence-corrected chi connectivity index (χ1v) is 4.80. The van der Waals surface area contributed by atoms with Gasteiger partial charge in [0, 0.05) is 18.5 Å². The number of hydrogen-bond acceptors (Lipinski definition) is 3. The molecule has 0 spiro atoms. The molecule has 90 valence electrons. The van der Waals surface area contributed by atoms with Crippen molar-refractivity contribution >= 4 is 17.4 Å². The fourth-order valence-corrected chi connectivity index (χ4v) is 1.46. The van der Waals surface area contributed by atoms with Crippen LogP contribution in [0.25, 0.3) is 5.82 Å². The molecule has 0 aliphatic rings. The molecule has 2 N–H and O–H groups in total. The van der Waals surface area contributed by atoms with E-state index in [2.05, 4.69) is 10.1 Å². The second-order valence-corrected chi connectivity index (χ2v) is 3.62. The summed E-state index contributed by atoms with van der Waals surface area (Å²) in [6, 6.07) is 2.28. The summed E-state index contributed by atoms with van der Waals surface area (Å²) < 4.78 is 38.3. The minimum Gasteiger partial charge on any atom is -0.382 e. The summed E-state index contributed by atoms with van der Waals surface area (Å²) in [4.78, 5) is 3.62. The molecular formula is C9H6ClF3N4. The number of aromatic nitrogens is 3. The molecular weight excluding hydrogens is 257 g/mol. The zero-order chi connectivity index (χ0) is 12.6. The molecule has 17 heavy (non-hydrogen) atoms. The Kier molecular flexibility index (Phi) is 2.70. The number of halogens is 4. The Morgan fingerprint density at radius 2 is 2.06 bits per heavy atom. The lowest BCUT2D eigenvalue weighted by Crippen LogP contribution is -2.08. The predicted octanol–water partition coefficient (Wildman–Crippen LogP) is 2.52. The average molecular weight is 263 g/mol. The zero-order valence-electron chi connectivity index (χ0n) is 8.24. The SMILES string of the molecule is Nc1ccn(-c2ncc(C(F)(F)F)cc2Cl)n1. The van der Waals surface area contributed by atoms with Gasteiger partial charge < -0.3 is 5.73 Å². The average Bonchev–Trinajstić information content (AvgIpc) is 2.63. The van der Waals surface area contributed by atoms with E-state index < -0.39 is 11.7 Å². The zero-order valence-corrected chi connectivity index (χ0v) is 9.00. The van der Waals surface area contributed by atoms with Gasteiger partial charge in [0.1, 0.15) is 5.82 Å². The van der Waals surface area contributed by atoms with Crippen LogP contribution in [0, 0.1) is 0 Å². The molecule has 0 saturated carbocycles. The lowest BCUT2D eigenvalue weighted by Gasteiger charge is -2.08. The molecule has 8 heteroatoms. The number of nitrogen functional groups attached to an aromatic ring is 1. The van der Waals surface area contributed by atoms with Crippen LogP contribution in [-0.2, 0) is 6.18 Å². The Morgan fingerprint density at radius 3 is 2.53 bits per heavy atom. The monoisotopic (exact) mass is 262 g/mol. The number of anilines is 1. The second kappa shape index (κ2) is 3.92. The molecule has 4 nitrogen and oxygen atoms in total. The van der Waals surface area contributed by atoms with Gasteiger partial charge in [-0.25, -0.2) is 9.67 Å². The van der Waals surface area contributed by atoms with Crippen molar-refractivity contribution in [3.8, 4) is 5.82 Å². The van der Waals surface area contributed by atoms with E-state index in [-0.39, 0.29) is 16.7 Å². The first kappa shape index (κ1) is 11.7. The van der Waals surface area contributed by atoms with E-state index in [1.165, 1.54) is 16.9 Å². The van der Waals surface area contributed by atoms with Crippen LogP contribution in [0.2, 0.25) is 5.02 Å². The molecule has 0 aliphatic heterocycles. The van der Waals surface area contributed by atoms with Gasteiger partial charge in [0.25, 0.3) is 0 Å². The number of alkyl halides is 3. The van der Waals surface area contributed by atoms with Gasteiger partial charge in [-0.3, -0.25) is 0 Å². The molecule has 0 amide bonds. The number of rotatable bonds is 1. The summed E-state index contributed by atoms with van der Waals surface area (Å²) >= 11 is 5.72. The Hall–Kier alpha value is -1.76. The third-order valence-electron chi connectivity index (χ3n) is 1.98. The lowest BCUT2D eigenvalue weighted by molar-refractivity contribution is -0.137. The van der Waals surface area contributed by atoms with Crippen LogP contribution in [0.1, 0.15) is 5.56 Å². The maximum atomic E-state index is 12.4. The Labute approximate surface area is 98.8 Å². The van der Waals surface area contributed by atoms with Crippen LogP contribution in [0.4, 0.5) is 19.0 Å². The van der Waals surface area contributed by atoms with E-state index in [1.54, 1.807) is 0 Å². The van der Waals surface area contributed by atoms with Gasteiger partial charge in [0.15, 0.2) is 5.82 Å². The normalized spacial score (nSPS) is 11.8. The summed E-state index contributed by atoms with van der Waals surface area (Å²) in [7, 11) is 0. The molecule has 0 aromatic carbocycles. The highest BCUT2D eigenvalue weighted by Gasteiger charge is 2.31. The van der Waals surface area contributed by atoms with Crippen molar-refractivity contribution in [3.05, 3.63) is 35.1 Å². The molecule has 0 fully saturated rings. The van der Waals surface area contributed by atoms with E-state index >= 15 is 0 Å². The summed E-state index contributed by atoms with van der Waals surface area (Å²) in [6.45, 7) is 0. The quantitative estimate of drug-likeness (QED) is 0.859. The fraction of sp³-hybridized carbons (Fsp3) is 0.111. The predicted molar refractivity (Wildman–Crippen MR) is 55.8 cm³/mol. The number of pyridine rings is 1. The highest BCUT2D eigenvalue weighted by molar-refractivity contribution is 6.32. The topological polar surface area (TPSA) is 56.7 Å². The number of nitrogens with zero attached hydrogens (tertiary/aromatic N) is 3. The van der Waals surface area contributed by atoms with Crippen molar-refractivity contribution in [2.45, 2.75) is 6.18 Å². The minimum atomic E-state index is -4.47. The highest BCUT2D eigenvalue weighted by atomic mass is 35.5. The van der Waals surface area contributed by atoms with E-state index in [9.17, 15) is 13.2 Å². The smallest absolute Gasteiger partial charge is 0.382 e. The second-order valence-electron chi connectivity index (χ2n) is 3.21. The third-order valence-corrected chi connectivity index (χ3v) is 2.25. The van der Waals surface area contributed by atoms with Crippen molar-refractivity contribution in [1.29, 1.82) is 0 Å². The summed E-state index contributed by atoms with van der Waals surface area (Å²) in [5.41, 5.74) is 4.47. The van der Waals surface area contributed by atoms with E-state index in [4.69, 9.17) is 17.3 Å². The first-order valence-electron chi connectivity index (χ1n) is 4.42. The third kappa shape index (κ3) is 2.33. The fourth-order valence-electron chi connectivity index (χ4n) is 1.21. The lowest BCUT2D eigenvalue weighted by atomic mass is 10.3. The molecule has 2 aromatic heterocycles. The van der Waals surface area contributed by atoms with Crippen molar-refractivity contribution in [2.75, 3.05) is 5.73 Å². The van der Waals surface area contributed by atoms with Crippen LogP contribution in [0.3, 0.4) is 0 Å². The largest absolute Gasteiger partial charge is 0.417 e. The van der Waals surface area contributed by atoms with Crippen LogP contribution < -0.4 is 5.73 Å². The maximum Gasteiger partial charge on any atom is 0.417 e. The Bertz CT molecular complexity index is 549. The van der Waals surface area contributed by atoms with Gasteiger partial charge in [-0.15, -0.1) is 5.10 Å². The van der Waals surface area contributed by atoms with E-state index in [0.29, 0.717) is 6.20 Å². The van der Waals surface area contributed by atoms with Gasteiger partial charge in [0.2, 0.25) is 0 Å². The molecule has 0 unspecified atom stereocenters. The van der Waals surface area contributed by atoms with E-state index in [0.717, 1.165) is 6.07 Å². The molecule has 2 aromatic rings. The Morgan fingerprint density at radius 1 is 1.35 bits per heavy atom. The summed E-state index contributed by atoms with van der Waals surface area (Å²) in [5.74, 6) is 0.319.